The fourth-order valence-corrected chi connectivity index (χ4v) is 7.20. The molecule has 2 rings (SSSR count). The number of likely N-dealkylation sites (N-methyl/N-ethyl adjacent to an activating group) is 1. The first-order valence-corrected chi connectivity index (χ1v) is 13.1. The molecule has 18 heteroatoms. The largest absolute Gasteiger partial charge is 0.467 e. The lowest BCUT2D eigenvalue weighted by molar-refractivity contribution is -0.171. The van der Waals surface area contributed by atoms with Gasteiger partial charge >= 0.3 is 23.9 Å². The molecule has 182 valence electrons. The van der Waals surface area contributed by atoms with Crippen LogP contribution in [-0.4, -0.2) is 97.2 Å². The van der Waals surface area contributed by atoms with Crippen LogP contribution >= 0.6 is 19.4 Å². The third-order valence-corrected chi connectivity index (χ3v) is 9.24. The third-order valence-electron chi connectivity index (χ3n) is 5.48. The van der Waals surface area contributed by atoms with E-state index in [9.17, 15) is 41.7 Å². The number of amides is 2. The Balaban J connectivity index is 2.66. The Morgan fingerprint density at radius 1 is 1.44 bits per heavy atom. The predicted octanol–water partition coefficient (Wildman–Crippen LogP) is -2.57. The van der Waals surface area contributed by atoms with Gasteiger partial charge in [-0.15, -0.1) is 0 Å². The average molecular weight is 517 g/mol. The summed E-state index contributed by atoms with van der Waals surface area (Å²) < 4.78 is 49.4. The Bertz CT molecular complexity index is 1020. The molecule has 4 atom stereocenters. The number of carbonyl (C=O) groups is 3. The first-order chi connectivity index (χ1) is 14.5. The fraction of sp³-hybridized carbons (Fsp3) is 0.714. The first-order valence-electron chi connectivity index (χ1n) is 9.06. The van der Waals surface area contributed by atoms with Gasteiger partial charge in [0.05, 0.1) is 7.11 Å². The van der Waals surface area contributed by atoms with Crippen LogP contribution in [0.3, 0.4) is 0 Å². The zero-order valence-electron chi connectivity index (χ0n) is 17.2. The second kappa shape index (κ2) is 8.55. The van der Waals surface area contributed by atoms with E-state index in [1.807, 2.05) is 0 Å². The van der Waals surface area contributed by atoms with Gasteiger partial charge in [0.1, 0.15) is 11.7 Å². The summed E-state index contributed by atoms with van der Waals surface area (Å²) in [6.45, 7) is 2.23. The van der Waals surface area contributed by atoms with E-state index in [0.717, 1.165) is 18.9 Å². The highest BCUT2D eigenvalue weighted by Gasteiger charge is 2.70. The number of hydrogen-bond acceptors (Lipinski definition) is 11. The molecule has 0 aromatic rings. The van der Waals surface area contributed by atoms with Crippen molar-refractivity contribution >= 4 is 52.6 Å². The molecule has 2 aliphatic rings. The number of amidine groups is 1. The highest BCUT2D eigenvalue weighted by Crippen LogP contribution is 2.60. The van der Waals surface area contributed by atoms with Crippen molar-refractivity contribution in [3.63, 3.8) is 0 Å². The van der Waals surface area contributed by atoms with E-state index < -0.39 is 65.0 Å². The number of thioether (sulfide) groups is 1. The van der Waals surface area contributed by atoms with Gasteiger partial charge in [0, 0.05) is 12.3 Å². The number of aliphatic imine (C=N–C) groups is 1. The Labute approximate surface area is 187 Å². The lowest BCUT2D eigenvalue weighted by atomic mass is 9.87. The smallest absolute Gasteiger partial charge is 0.363 e. The van der Waals surface area contributed by atoms with Gasteiger partial charge in [-0.3, -0.25) is 18.7 Å². The topological polar surface area (TPSA) is 243 Å². The van der Waals surface area contributed by atoms with Crippen LogP contribution in [0.5, 0.6) is 0 Å². The van der Waals surface area contributed by atoms with E-state index in [1.54, 1.807) is 0 Å². The number of β-lactam (4-membered cyclic amide) rings is 1. The molecule has 15 nitrogen and oxygen atoms in total. The molecule has 7 N–H and O–H groups in total. The van der Waals surface area contributed by atoms with Gasteiger partial charge in [0.25, 0.3) is 5.91 Å². The van der Waals surface area contributed by atoms with Crippen molar-refractivity contribution in [2.45, 2.75) is 43.2 Å². The Kier molecular flexibility index (Phi) is 7.08. The zero-order valence-corrected chi connectivity index (χ0v) is 19.8. The van der Waals surface area contributed by atoms with Crippen molar-refractivity contribution < 1.29 is 46.4 Å². The maximum Gasteiger partial charge on any atom is 0.363 e. The minimum absolute atomic E-state index is 0.112. The molecule has 0 saturated carbocycles. The first kappa shape index (κ1) is 26.5. The molecular weight excluding hydrogens is 493 g/mol. The van der Waals surface area contributed by atoms with Crippen molar-refractivity contribution in [2.24, 2.45) is 16.5 Å². The SMILES string of the molecule is CCN(C(=O)C(CC)(C1(N)CSC(N)=N1)P(=O)(O)O)C1C(=O)N(S(=O)(=O)O)C1C(=O)OC. The second-order valence-electron chi connectivity index (χ2n) is 7.04. The highest BCUT2D eigenvalue weighted by molar-refractivity contribution is 8.14. The molecule has 2 aliphatic heterocycles. The maximum atomic E-state index is 13.7. The van der Waals surface area contributed by atoms with Crippen molar-refractivity contribution in [3.8, 4) is 0 Å². The number of carbonyl (C=O) groups excluding carboxylic acids is 3. The van der Waals surface area contributed by atoms with Gasteiger partial charge < -0.3 is 30.9 Å². The maximum absolute atomic E-state index is 13.7. The second-order valence-corrected chi connectivity index (χ2v) is 11.2. The minimum atomic E-state index is -5.42. The molecule has 1 saturated heterocycles. The summed E-state index contributed by atoms with van der Waals surface area (Å²) in [5.41, 5.74) is 9.63. The van der Waals surface area contributed by atoms with Gasteiger partial charge in [0.15, 0.2) is 16.4 Å². The summed E-state index contributed by atoms with van der Waals surface area (Å²) in [5.74, 6) is -4.25. The molecule has 0 bridgehead atoms. The molecule has 2 amide bonds. The lowest BCUT2D eigenvalue weighted by Crippen LogP contribution is -2.77. The van der Waals surface area contributed by atoms with Crippen LogP contribution in [0.2, 0.25) is 0 Å². The van der Waals surface area contributed by atoms with Crippen LogP contribution in [0, 0.1) is 0 Å². The number of nitrogens with two attached hydrogens (primary N) is 2. The van der Waals surface area contributed by atoms with Crippen LogP contribution in [0.25, 0.3) is 0 Å². The molecular formula is C14H24N5O10PS2. The summed E-state index contributed by atoms with van der Waals surface area (Å²) in [5, 5.41) is -2.80. The summed E-state index contributed by atoms with van der Waals surface area (Å²) >= 11 is 0.868. The van der Waals surface area contributed by atoms with Crippen LogP contribution in [0.1, 0.15) is 20.3 Å². The monoisotopic (exact) mass is 517 g/mol. The summed E-state index contributed by atoms with van der Waals surface area (Å²) in [6.07, 6.45) is -0.535. The molecule has 0 aromatic carbocycles. The Morgan fingerprint density at radius 2 is 2.00 bits per heavy atom. The molecule has 0 aliphatic carbocycles. The van der Waals surface area contributed by atoms with Crippen molar-refractivity contribution in [1.29, 1.82) is 0 Å². The summed E-state index contributed by atoms with van der Waals surface area (Å²) in [7, 11) is -9.73. The van der Waals surface area contributed by atoms with E-state index >= 15 is 0 Å². The molecule has 0 aromatic heterocycles. The average Bonchev–Trinajstić information content (AvgIpc) is 3.00. The molecule has 1 fully saturated rings. The number of ether oxygens (including phenoxy) is 1. The van der Waals surface area contributed by atoms with Gasteiger partial charge in [-0.1, -0.05) is 18.7 Å². The van der Waals surface area contributed by atoms with Crippen LogP contribution in [-0.2, 0) is 34.0 Å². The van der Waals surface area contributed by atoms with E-state index in [1.165, 1.54) is 13.8 Å². The van der Waals surface area contributed by atoms with E-state index in [0.29, 0.717) is 4.90 Å². The molecule has 32 heavy (non-hydrogen) atoms. The fourth-order valence-electron chi connectivity index (χ4n) is 3.94. The van der Waals surface area contributed by atoms with Crippen LogP contribution in [0.4, 0.5) is 0 Å². The van der Waals surface area contributed by atoms with Crippen LogP contribution < -0.4 is 11.5 Å². The van der Waals surface area contributed by atoms with Crippen molar-refractivity contribution in [1.82, 2.24) is 9.21 Å². The van der Waals surface area contributed by atoms with E-state index in [4.69, 9.17) is 11.5 Å². The predicted molar refractivity (Wildman–Crippen MR) is 111 cm³/mol. The number of methoxy groups -OCH3 is 1. The normalized spacial score (nSPS) is 27.9. The number of rotatable bonds is 8. The van der Waals surface area contributed by atoms with Gasteiger partial charge in [-0.05, 0) is 13.3 Å². The standard InChI is InChI=1S/C14H24N5O10PS2/c1-4-13(30(23,24)25,14(16)6-31-12(15)17-14)11(22)18(5-2)7-8(10(21)29-3)19(9(7)20)32(26,27)28/h7-8H,4-6,16H2,1-3H3,(H2,15,17)(H2,23,24,25)(H,26,27,28). The Morgan fingerprint density at radius 3 is 2.34 bits per heavy atom. The van der Waals surface area contributed by atoms with Gasteiger partial charge in [-0.25, -0.2) is 9.79 Å². The third kappa shape index (κ3) is 3.81. The van der Waals surface area contributed by atoms with E-state index in [2.05, 4.69) is 9.73 Å². The van der Waals surface area contributed by atoms with E-state index in [-0.39, 0.29) is 21.8 Å². The van der Waals surface area contributed by atoms with Gasteiger partial charge in [0.2, 0.25) is 5.91 Å². The van der Waals surface area contributed by atoms with Crippen molar-refractivity contribution in [2.75, 3.05) is 19.4 Å². The zero-order chi connectivity index (χ0) is 24.9. The number of hydrogen-bond donors (Lipinski definition) is 5. The highest BCUT2D eigenvalue weighted by atomic mass is 32.2. The molecule has 4 unspecified atom stereocenters. The summed E-state index contributed by atoms with van der Waals surface area (Å²) in [4.78, 5) is 63.4. The van der Waals surface area contributed by atoms with Crippen molar-refractivity contribution in [3.05, 3.63) is 0 Å². The molecule has 0 radical (unpaired) electrons. The van der Waals surface area contributed by atoms with Crippen LogP contribution in [0.15, 0.2) is 4.99 Å². The summed E-state index contributed by atoms with van der Waals surface area (Å²) in [6, 6.07) is -3.81. The number of esters is 1. The minimum Gasteiger partial charge on any atom is -0.467 e. The quantitative estimate of drug-likeness (QED) is 0.0963. The lowest BCUT2D eigenvalue weighted by Gasteiger charge is -2.50. The molecule has 2 heterocycles. The molecule has 0 spiro atoms. The van der Waals surface area contributed by atoms with Gasteiger partial charge in [-0.2, -0.15) is 12.7 Å². The number of nitrogens with zero attached hydrogens (tertiary/aromatic N) is 3. The Hall–Kier alpha value is -1.75.